The molecule has 0 radical (unpaired) electrons. The highest BCUT2D eigenvalue weighted by molar-refractivity contribution is 7.16. The van der Waals surface area contributed by atoms with E-state index in [1.807, 2.05) is 19.1 Å². The second-order valence-electron chi connectivity index (χ2n) is 5.65. The van der Waals surface area contributed by atoms with Gasteiger partial charge in [0.2, 0.25) is 5.91 Å². The molecule has 5 nitrogen and oxygen atoms in total. The van der Waals surface area contributed by atoms with Crippen molar-refractivity contribution in [3.05, 3.63) is 23.7 Å². The van der Waals surface area contributed by atoms with Gasteiger partial charge in [0.15, 0.2) is 0 Å². The Balaban J connectivity index is 1.77. The third-order valence-corrected chi connectivity index (χ3v) is 4.84. The van der Waals surface area contributed by atoms with Gasteiger partial charge in [0.05, 0.1) is 27.6 Å². The monoisotopic (exact) mass is 304 g/mol. The van der Waals surface area contributed by atoms with E-state index in [1.165, 1.54) is 11.3 Å². The van der Waals surface area contributed by atoms with E-state index < -0.39 is 17.8 Å². The molecule has 3 atom stereocenters. The Morgan fingerprint density at radius 3 is 2.86 bits per heavy atom. The number of benzene rings is 1. The van der Waals surface area contributed by atoms with Crippen LogP contribution in [0.25, 0.3) is 10.2 Å². The average Bonchev–Trinajstić information content (AvgIpc) is 3.04. The number of aromatic nitrogens is 1. The van der Waals surface area contributed by atoms with Gasteiger partial charge in [0.1, 0.15) is 0 Å². The predicted molar refractivity (Wildman–Crippen MR) is 81.3 cm³/mol. The number of aliphatic carboxylic acids is 1. The van der Waals surface area contributed by atoms with Gasteiger partial charge >= 0.3 is 5.97 Å². The van der Waals surface area contributed by atoms with Gasteiger partial charge in [-0.3, -0.25) is 9.59 Å². The molecule has 1 fully saturated rings. The SMILES string of the molecule is CC1CC(C(=O)O)C(C(=O)Nc2ccc3ncsc3c2)C1. The summed E-state index contributed by atoms with van der Waals surface area (Å²) in [7, 11) is 0. The first-order valence-corrected chi connectivity index (χ1v) is 7.79. The van der Waals surface area contributed by atoms with Crippen LogP contribution in [0, 0.1) is 17.8 Å². The molecule has 1 saturated carbocycles. The maximum absolute atomic E-state index is 12.4. The van der Waals surface area contributed by atoms with E-state index in [1.54, 1.807) is 11.6 Å². The Bertz CT molecular complexity index is 697. The summed E-state index contributed by atoms with van der Waals surface area (Å²) in [5.41, 5.74) is 3.35. The molecule has 1 heterocycles. The van der Waals surface area contributed by atoms with Crippen molar-refractivity contribution in [1.29, 1.82) is 0 Å². The fraction of sp³-hybridized carbons (Fsp3) is 0.400. The number of anilines is 1. The molecule has 110 valence electrons. The van der Waals surface area contributed by atoms with Crippen molar-refractivity contribution in [2.75, 3.05) is 5.32 Å². The lowest BCUT2D eigenvalue weighted by molar-refractivity contribution is -0.145. The van der Waals surface area contributed by atoms with Crippen LogP contribution < -0.4 is 5.32 Å². The van der Waals surface area contributed by atoms with E-state index in [0.717, 1.165) is 10.2 Å². The number of nitrogens with one attached hydrogen (secondary N) is 1. The fourth-order valence-electron chi connectivity index (χ4n) is 3.02. The third kappa shape index (κ3) is 2.76. The molecule has 1 aromatic heterocycles. The third-order valence-electron chi connectivity index (χ3n) is 4.05. The molecule has 1 aromatic carbocycles. The van der Waals surface area contributed by atoms with Crippen molar-refractivity contribution in [3.63, 3.8) is 0 Å². The van der Waals surface area contributed by atoms with Crippen molar-refractivity contribution >= 4 is 39.1 Å². The van der Waals surface area contributed by atoms with E-state index in [4.69, 9.17) is 0 Å². The average molecular weight is 304 g/mol. The zero-order valence-corrected chi connectivity index (χ0v) is 12.4. The minimum absolute atomic E-state index is 0.199. The van der Waals surface area contributed by atoms with E-state index in [2.05, 4.69) is 10.3 Å². The standard InChI is InChI=1S/C15H16N2O3S/c1-8-4-10(11(5-8)15(19)20)14(18)17-9-2-3-12-13(6-9)21-7-16-12/h2-3,6-8,10-11H,4-5H2,1H3,(H,17,18)(H,19,20). The molecule has 1 amide bonds. The summed E-state index contributed by atoms with van der Waals surface area (Å²) in [4.78, 5) is 27.8. The van der Waals surface area contributed by atoms with Crippen molar-refractivity contribution in [2.45, 2.75) is 19.8 Å². The second kappa shape index (κ2) is 5.44. The second-order valence-corrected chi connectivity index (χ2v) is 6.54. The lowest BCUT2D eigenvalue weighted by Gasteiger charge is -2.15. The van der Waals surface area contributed by atoms with Crippen molar-refractivity contribution in [3.8, 4) is 0 Å². The van der Waals surface area contributed by atoms with Crippen LogP contribution in [-0.4, -0.2) is 22.0 Å². The molecule has 3 rings (SSSR count). The summed E-state index contributed by atoms with van der Waals surface area (Å²) in [6, 6.07) is 5.53. The number of carbonyl (C=O) groups is 2. The molecule has 6 heteroatoms. The number of fused-ring (bicyclic) bond motifs is 1. The quantitative estimate of drug-likeness (QED) is 0.913. The highest BCUT2D eigenvalue weighted by atomic mass is 32.1. The number of carbonyl (C=O) groups excluding carboxylic acids is 1. The maximum Gasteiger partial charge on any atom is 0.307 e. The normalized spacial score (nSPS) is 25.1. The number of carboxylic acids is 1. The van der Waals surface area contributed by atoms with Gasteiger partial charge in [-0.2, -0.15) is 0 Å². The van der Waals surface area contributed by atoms with Crippen LogP contribution in [0.4, 0.5) is 5.69 Å². The van der Waals surface area contributed by atoms with E-state index >= 15 is 0 Å². The van der Waals surface area contributed by atoms with Crippen molar-refractivity contribution in [1.82, 2.24) is 4.98 Å². The Kier molecular flexibility index (Phi) is 3.63. The van der Waals surface area contributed by atoms with E-state index in [9.17, 15) is 14.7 Å². The topological polar surface area (TPSA) is 79.3 Å². The van der Waals surface area contributed by atoms with Crippen LogP contribution in [0.3, 0.4) is 0 Å². The number of thiazole rings is 1. The first kappa shape index (κ1) is 14.0. The van der Waals surface area contributed by atoms with Crippen LogP contribution in [-0.2, 0) is 9.59 Å². The molecule has 0 spiro atoms. The molecule has 1 aliphatic carbocycles. The van der Waals surface area contributed by atoms with Gasteiger partial charge in [-0.05, 0) is 37.0 Å². The summed E-state index contributed by atoms with van der Waals surface area (Å²) in [5, 5.41) is 12.1. The molecular formula is C15H16N2O3S. The summed E-state index contributed by atoms with van der Waals surface area (Å²) < 4.78 is 1.00. The first-order chi connectivity index (χ1) is 10.0. The number of hydrogen-bond donors (Lipinski definition) is 2. The Hall–Kier alpha value is -1.95. The van der Waals surface area contributed by atoms with Crippen LogP contribution in [0.2, 0.25) is 0 Å². The van der Waals surface area contributed by atoms with E-state index in [0.29, 0.717) is 18.5 Å². The molecule has 0 bridgehead atoms. The van der Waals surface area contributed by atoms with Crippen molar-refractivity contribution in [2.24, 2.45) is 17.8 Å². The van der Waals surface area contributed by atoms with Gasteiger partial charge in [0, 0.05) is 5.69 Å². The molecule has 2 aromatic rings. The fourth-order valence-corrected chi connectivity index (χ4v) is 3.74. The molecule has 0 saturated heterocycles. The highest BCUT2D eigenvalue weighted by Gasteiger charge is 2.41. The Morgan fingerprint density at radius 2 is 2.10 bits per heavy atom. The molecule has 21 heavy (non-hydrogen) atoms. The number of hydrogen-bond acceptors (Lipinski definition) is 4. The summed E-state index contributed by atoms with van der Waals surface area (Å²) in [6.07, 6.45) is 1.20. The summed E-state index contributed by atoms with van der Waals surface area (Å²) >= 11 is 1.51. The number of amides is 1. The molecule has 0 aliphatic heterocycles. The van der Waals surface area contributed by atoms with Gasteiger partial charge in [-0.15, -0.1) is 11.3 Å². The lowest BCUT2D eigenvalue weighted by atomic mass is 9.95. The zero-order chi connectivity index (χ0) is 15.0. The predicted octanol–water partition coefficient (Wildman–Crippen LogP) is 2.98. The largest absolute Gasteiger partial charge is 0.481 e. The summed E-state index contributed by atoms with van der Waals surface area (Å²) in [6.45, 7) is 1.99. The van der Waals surface area contributed by atoms with Gasteiger partial charge in [0.25, 0.3) is 0 Å². The molecule has 2 N–H and O–H groups in total. The zero-order valence-electron chi connectivity index (χ0n) is 11.6. The molecule has 1 aliphatic rings. The van der Waals surface area contributed by atoms with Gasteiger partial charge < -0.3 is 10.4 Å². The van der Waals surface area contributed by atoms with Crippen LogP contribution >= 0.6 is 11.3 Å². The van der Waals surface area contributed by atoms with E-state index in [-0.39, 0.29) is 11.8 Å². The van der Waals surface area contributed by atoms with Crippen LogP contribution in [0.15, 0.2) is 23.7 Å². The van der Waals surface area contributed by atoms with Gasteiger partial charge in [-0.1, -0.05) is 6.92 Å². The van der Waals surface area contributed by atoms with Gasteiger partial charge in [-0.25, -0.2) is 4.98 Å². The van der Waals surface area contributed by atoms with Crippen molar-refractivity contribution < 1.29 is 14.7 Å². The number of carboxylic acid groups (broad SMARTS) is 1. The first-order valence-electron chi connectivity index (χ1n) is 6.91. The smallest absolute Gasteiger partial charge is 0.307 e. The molecule has 3 unspecified atom stereocenters. The number of nitrogens with zero attached hydrogens (tertiary/aromatic N) is 1. The molecular weight excluding hydrogens is 288 g/mol. The minimum atomic E-state index is -0.877. The van der Waals surface area contributed by atoms with Crippen LogP contribution in [0.5, 0.6) is 0 Å². The highest BCUT2D eigenvalue weighted by Crippen LogP contribution is 2.37. The van der Waals surface area contributed by atoms with Crippen LogP contribution in [0.1, 0.15) is 19.8 Å². The maximum atomic E-state index is 12.4. The Morgan fingerprint density at radius 1 is 1.33 bits per heavy atom. The minimum Gasteiger partial charge on any atom is -0.481 e. The number of rotatable bonds is 3. The Labute approximate surface area is 126 Å². The lowest BCUT2D eigenvalue weighted by Crippen LogP contribution is -2.29. The summed E-state index contributed by atoms with van der Waals surface area (Å²) in [5.74, 6) is -1.83.